The van der Waals surface area contributed by atoms with Crippen LogP contribution in [0.25, 0.3) is 51.7 Å². The summed E-state index contributed by atoms with van der Waals surface area (Å²) in [6.45, 7) is 54.7. The molecule has 0 saturated heterocycles. The molecule has 0 spiro atoms. The lowest BCUT2D eigenvalue weighted by atomic mass is 9.78. The van der Waals surface area contributed by atoms with Gasteiger partial charge in [0.1, 0.15) is 34.7 Å². The van der Waals surface area contributed by atoms with Gasteiger partial charge in [-0.2, -0.15) is 0 Å². The standard InChI is InChI=1S/C39H49FO4SSi.C33H35FO4S.C20H17FO3S.C19H34O2Si/c1-25-20-26(2)37(39(7,8)18-19-43-46(10,11)38(4,5)6)35(21-25)44-36(41)24-33-27(3)32(31-17-14-29(40)23-34(31)33)22-28-12-15-30(16-13-28)45(9)42;1-20-15-21(2)32(33(4,5)13-14-35)30(16-20)38-31(36)19-28-22(3)27(26-12-9-24(34)18-29(26)28)17-23-7-10-25(11-8-23)39(6)37;1-12-17(9-13-3-6-15(7-4-13)25(2)24)16-8-5-14(21)10-19(16)18(12)11-20(22)23;1-14-12-15(2)17(16(20)13-14)19(6,7)10-11-21-22(8,9)18(3,4)5/h12-17,20-23H,18-19,24H2,1-11H3;7-12,15-18,35H,13-14,19H2,1-6H3;3-10H,11H2,1-2H3,(H,22,23);12-13,20H,10-11H2,1-9H3/b32-22-;27-17-;17-9-;. The summed E-state index contributed by atoms with van der Waals surface area (Å²) in [4.78, 5) is 40.5. The van der Waals surface area contributed by atoms with E-state index in [0.29, 0.717) is 52.5 Å². The maximum Gasteiger partial charge on any atom is 0.315 e. The van der Waals surface area contributed by atoms with Crippen molar-refractivity contribution in [1.82, 2.24) is 0 Å². The number of halogens is 3. The van der Waals surface area contributed by atoms with E-state index >= 15 is 0 Å². The van der Waals surface area contributed by atoms with Gasteiger partial charge in [0.05, 0.1) is 19.3 Å². The van der Waals surface area contributed by atoms with Crippen molar-refractivity contribution in [2.45, 2.75) is 251 Å². The van der Waals surface area contributed by atoms with E-state index < -0.39 is 66.4 Å². The van der Waals surface area contributed by atoms with E-state index in [0.717, 1.165) is 162 Å². The highest BCUT2D eigenvalue weighted by atomic mass is 32.2. The van der Waals surface area contributed by atoms with Crippen LogP contribution in [0.4, 0.5) is 13.2 Å². The lowest BCUT2D eigenvalue weighted by molar-refractivity contribution is -0.136. The van der Waals surface area contributed by atoms with Crippen molar-refractivity contribution < 1.29 is 73.8 Å². The number of aliphatic hydroxyl groups excluding tert-OH is 1. The van der Waals surface area contributed by atoms with Gasteiger partial charge in [0.25, 0.3) is 0 Å². The van der Waals surface area contributed by atoms with Gasteiger partial charge in [-0.3, -0.25) is 27.0 Å². The predicted molar refractivity (Wildman–Crippen MR) is 545 cm³/mol. The molecule has 0 bridgehead atoms. The van der Waals surface area contributed by atoms with Gasteiger partial charge in [-0.15, -0.1) is 0 Å². The summed E-state index contributed by atoms with van der Waals surface area (Å²) in [5, 5.41) is 29.5. The monoisotopic (exact) mass is 1880 g/mol. The number of carbonyl (C=O) groups excluding carboxylic acids is 2. The second kappa shape index (κ2) is 43.2. The van der Waals surface area contributed by atoms with Crippen LogP contribution >= 0.6 is 0 Å². The lowest BCUT2D eigenvalue weighted by Gasteiger charge is -2.37. The maximum absolute atomic E-state index is 14.5. The third-order valence-electron chi connectivity index (χ3n) is 26.5. The molecular weight excluding hydrogens is 1750 g/mol. The zero-order chi connectivity index (χ0) is 98.2. The fourth-order valence-corrected chi connectivity index (χ4v) is 20.9. The van der Waals surface area contributed by atoms with Crippen molar-refractivity contribution >= 4 is 119 Å². The molecule has 704 valence electrons. The van der Waals surface area contributed by atoms with E-state index in [9.17, 15) is 50.4 Å². The number of aromatic hydroxyl groups is 1. The van der Waals surface area contributed by atoms with Gasteiger partial charge in [0, 0.05) is 102 Å². The fraction of sp³-hybridized carbons (Fsp3) is 0.378. The number of benzene rings is 9. The molecule has 0 saturated carbocycles. The van der Waals surface area contributed by atoms with Crippen LogP contribution in [-0.2, 0) is 71.9 Å². The molecule has 13 nitrogen and oxygen atoms in total. The molecule has 3 atom stereocenters. The van der Waals surface area contributed by atoms with E-state index in [1.165, 1.54) is 36.4 Å². The number of carboxylic acid groups (broad SMARTS) is 1. The summed E-state index contributed by atoms with van der Waals surface area (Å²) in [6.07, 6.45) is 13.0. The minimum absolute atomic E-state index is 0.00865. The fourth-order valence-electron chi connectivity index (χ4n) is 17.3. The zero-order valence-corrected chi connectivity index (χ0v) is 86.9. The Balaban J connectivity index is 0.000000206. The lowest BCUT2D eigenvalue weighted by Crippen LogP contribution is -2.41. The number of phenols is 1. The first-order valence-corrected chi connectivity index (χ1v) is 55.4. The van der Waals surface area contributed by atoms with E-state index in [-0.39, 0.29) is 70.2 Å². The molecule has 9 aromatic carbocycles. The van der Waals surface area contributed by atoms with E-state index in [1.54, 1.807) is 49.1 Å². The van der Waals surface area contributed by atoms with E-state index in [2.05, 4.69) is 127 Å². The summed E-state index contributed by atoms with van der Waals surface area (Å²) >= 11 is 0. The molecule has 3 aliphatic rings. The first-order valence-electron chi connectivity index (χ1n) is 44.9. The second-order valence-corrected chi connectivity index (χ2v) is 54.0. The second-order valence-electron chi connectivity index (χ2n) is 40.2. The SMILES string of the molecule is CC1=C(CC(=O)O)c2cc(F)ccc2/C1=C\c1ccc(S(C)=O)cc1.CC1=C(CC(=O)Oc2cc(C)cc(C)c2C(C)(C)CCO)c2cc(F)ccc2/C1=C\c1ccc(S(C)=O)cc1.CC1=C(CC(=O)Oc2cc(C)cc(C)c2C(C)(C)CCO[Si](C)(C)C(C)(C)C)c2cc(F)ccc2/C1=C\c1ccc(S(C)=O)cc1.Cc1cc(C)c(C(C)(C)CCO[Si](C)(C)C(C)(C)C)c(O)c1. The Labute approximate surface area is 792 Å². The molecule has 0 aromatic heterocycles. The number of carbonyl (C=O) groups is 3. The molecule has 0 fully saturated rings. The van der Waals surface area contributed by atoms with Crippen LogP contribution in [0, 0.1) is 59.0 Å². The smallest absolute Gasteiger partial charge is 0.315 e. The average Bonchev–Trinajstić information content (AvgIpc) is 1.64. The summed E-state index contributed by atoms with van der Waals surface area (Å²) in [6, 6.07) is 48.2. The van der Waals surface area contributed by atoms with Crippen LogP contribution in [0.3, 0.4) is 0 Å². The number of aliphatic hydroxyl groups is 1. The Hall–Kier alpha value is -9.82. The van der Waals surface area contributed by atoms with Crippen LogP contribution in [-0.4, -0.2) is 101 Å². The van der Waals surface area contributed by atoms with Crippen LogP contribution < -0.4 is 9.47 Å². The third-order valence-corrected chi connectivity index (χ3v) is 38.3. The molecule has 0 amide bonds. The van der Waals surface area contributed by atoms with Gasteiger partial charge in [0.2, 0.25) is 0 Å². The number of allylic oxidation sites excluding steroid dienone is 6. The molecule has 21 heteroatoms. The summed E-state index contributed by atoms with van der Waals surface area (Å²) in [7, 11) is -6.77. The van der Waals surface area contributed by atoms with Crippen molar-refractivity contribution in [1.29, 1.82) is 0 Å². The number of phenolic OH excluding ortho intramolecular Hbond substituents is 1. The minimum atomic E-state index is -1.90. The summed E-state index contributed by atoms with van der Waals surface area (Å²) in [5.41, 5.74) is 23.3. The first kappa shape index (κ1) is 106. The summed E-state index contributed by atoms with van der Waals surface area (Å²) < 4.78 is 103. The largest absolute Gasteiger partial charge is 0.508 e. The van der Waals surface area contributed by atoms with Crippen LogP contribution in [0.2, 0.25) is 36.3 Å². The molecule has 132 heavy (non-hydrogen) atoms. The van der Waals surface area contributed by atoms with Gasteiger partial charge in [-0.05, 0) is 377 Å². The number of aliphatic carboxylic acids is 1. The van der Waals surface area contributed by atoms with Gasteiger partial charge < -0.3 is 33.6 Å². The van der Waals surface area contributed by atoms with Crippen molar-refractivity contribution in [3.05, 3.63) is 298 Å². The van der Waals surface area contributed by atoms with Crippen molar-refractivity contribution in [3.8, 4) is 17.2 Å². The molecule has 3 N–H and O–H groups in total. The quantitative estimate of drug-likeness (QED) is 0.0250. The molecule has 0 radical (unpaired) electrons. The number of hydrogen-bond donors (Lipinski definition) is 3. The number of rotatable bonds is 27. The van der Waals surface area contributed by atoms with E-state index in [1.807, 2.05) is 159 Å². The van der Waals surface area contributed by atoms with Crippen LogP contribution in [0.1, 0.15) is 243 Å². The molecule has 9 aromatic rings. The Morgan fingerprint density at radius 1 is 0.379 bits per heavy atom. The van der Waals surface area contributed by atoms with Crippen molar-refractivity contribution in [2.75, 3.05) is 38.6 Å². The molecule has 12 rings (SSSR count). The molecule has 3 aliphatic carbocycles. The third kappa shape index (κ3) is 26.2. The number of ether oxygens (including phenoxy) is 2. The Bertz CT molecular complexity index is 6100. The Morgan fingerprint density at radius 2 is 0.659 bits per heavy atom. The number of fused-ring (bicyclic) bond motifs is 3. The van der Waals surface area contributed by atoms with Crippen LogP contribution in [0.15, 0.2) is 195 Å². The van der Waals surface area contributed by atoms with Gasteiger partial charge in [0.15, 0.2) is 16.6 Å². The highest BCUT2D eigenvalue weighted by Crippen LogP contribution is 2.50. The topological polar surface area (TPSA) is 200 Å². The Kier molecular flexibility index (Phi) is 34.7. The van der Waals surface area contributed by atoms with Gasteiger partial charge in [-0.25, -0.2) is 13.2 Å². The highest BCUT2D eigenvalue weighted by Gasteiger charge is 2.41. The molecular formula is C111H135F3O13S3Si2. The zero-order valence-electron chi connectivity index (χ0n) is 82.5. The van der Waals surface area contributed by atoms with Gasteiger partial charge in [-0.1, -0.05) is 156 Å². The summed E-state index contributed by atoms with van der Waals surface area (Å²) in [5.74, 6) is -1.39. The minimum Gasteiger partial charge on any atom is -0.508 e. The van der Waals surface area contributed by atoms with Crippen molar-refractivity contribution in [2.24, 2.45) is 0 Å². The van der Waals surface area contributed by atoms with Crippen LogP contribution in [0.5, 0.6) is 17.2 Å². The number of carboxylic acids is 1. The maximum atomic E-state index is 14.5. The van der Waals surface area contributed by atoms with E-state index in [4.69, 9.17) is 23.4 Å². The highest BCUT2D eigenvalue weighted by molar-refractivity contribution is 7.84. The number of hydrogen-bond acceptors (Lipinski definition) is 12. The molecule has 0 aliphatic heterocycles. The van der Waals surface area contributed by atoms with Crippen molar-refractivity contribution in [3.63, 3.8) is 0 Å². The average molecular weight is 1890 g/mol. The number of aryl methyl sites for hydroxylation is 6. The number of esters is 2. The van der Waals surface area contributed by atoms with Gasteiger partial charge >= 0.3 is 17.9 Å². The normalized spacial score (nSPS) is 15.1. The molecule has 3 unspecified atom stereocenters. The first-order chi connectivity index (χ1) is 61.3. The molecule has 0 heterocycles. The Morgan fingerprint density at radius 3 is 0.939 bits per heavy atom. The predicted octanol–water partition coefficient (Wildman–Crippen LogP) is 27.4.